The third kappa shape index (κ3) is 10.7. The van der Waals surface area contributed by atoms with E-state index in [0.29, 0.717) is 17.5 Å². The highest BCUT2D eigenvalue weighted by Gasteiger charge is 2.39. The summed E-state index contributed by atoms with van der Waals surface area (Å²) in [6.07, 6.45) is -0.356. The Morgan fingerprint density at radius 2 is 1.23 bits per heavy atom. The van der Waals surface area contributed by atoms with Crippen LogP contribution in [0.25, 0.3) is 0 Å². The minimum Gasteiger partial charge on any atom is -0.508 e. The van der Waals surface area contributed by atoms with Crippen molar-refractivity contribution in [1.82, 2.24) is 15.1 Å². The molecule has 12 nitrogen and oxygen atoms in total. The largest absolute Gasteiger partial charge is 0.508 e. The predicted molar refractivity (Wildman–Crippen MR) is 175 cm³/mol. The van der Waals surface area contributed by atoms with Gasteiger partial charge in [0, 0.05) is 39.3 Å². The van der Waals surface area contributed by atoms with Crippen LogP contribution in [0.15, 0.2) is 48.5 Å². The highest BCUT2D eigenvalue weighted by Crippen LogP contribution is 2.21. The standard InChI is InChI=1S/C35H49N3O9/c1-9-22(5)31(47-29(41)10-2)32(42)36-30(21(3)4)34(44)37(6)27(19-23-11-15-25(39)16-12-23)33(43)38(7)28(35(45)46-8)20-24-13-17-26(40)18-14-24/h11-18,21-22,27-28,30-31,39-40H,9-10,19-20H2,1-8H3,(H,36,42)/t22-,27-,28+,30-,31+/m0/s1. The Bertz CT molecular complexity index is 1360. The zero-order valence-corrected chi connectivity index (χ0v) is 28.6. The van der Waals surface area contributed by atoms with E-state index in [1.54, 1.807) is 52.0 Å². The summed E-state index contributed by atoms with van der Waals surface area (Å²) in [4.78, 5) is 69.4. The van der Waals surface area contributed by atoms with Crippen LogP contribution >= 0.6 is 0 Å². The number of ether oxygens (including phenoxy) is 2. The second kappa shape index (κ2) is 17.9. The number of amides is 3. The summed E-state index contributed by atoms with van der Waals surface area (Å²) < 4.78 is 10.5. The molecule has 3 N–H and O–H groups in total. The monoisotopic (exact) mass is 655 g/mol. The zero-order chi connectivity index (χ0) is 35.4. The van der Waals surface area contributed by atoms with Gasteiger partial charge in [-0.2, -0.15) is 0 Å². The molecule has 0 fully saturated rings. The maximum absolute atomic E-state index is 14.3. The van der Waals surface area contributed by atoms with Crippen molar-refractivity contribution < 1.29 is 43.7 Å². The first kappa shape index (κ1) is 38.6. The lowest BCUT2D eigenvalue weighted by Crippen LogP contribution is -2.59. The lowest BCUT2D eigenvalue weighted by Gasteiger charge is -2.36. The smallest absolute Gasteiger partial charge is 0.328 e. The third-order valence-electron chi connectivity index (χ3n) is 8.32. The van der Waals surface area contributed by atoms with Crippen molar-refractivity contribution in [2.75, 3.05) is 21.2 Å². The average Bonchev–Trinajstić information content (AvgIpc) is 3.06. The molecule has 0 aromatic heterocycles. The summed E-state index contributed by atoms with van der Waals surface area (Å²) in [5, 5.41) is 22.3. The van der Waals surface area contributed by atoms with E-state index in [9.17, 15) is 34.2 Å². The molecule has 2 aromatic carbocycles. The number of nitrogens with one attached hydrogen (secondary N) is 1. The number of benzene rings is 2. The van der Waals surface area contributed by atoms with Crippen molar-refractivity contribution in [1.29, 1.82) is 0 Å². The molecule has 12 heteroatoms. The molecule has 3 amide bonds. The molecule has 258 valence electrons. The van der Waals surface area contributed by atoms with Crippen molar-refractivity contribution in [2.45, 2.75) is 84.5 Å². The maximum Gasteiger partial charge on any atom is 0.328 e. The van der Waals surface area contributed by atoms with Gasteiger partial charge in [0.25, 0.3) is 5.91 Å². The Balaban J connectivity index is 2.48. The first-order valence-corrected chi connectivity index (χ1v) is 15.8. The van der Waals surface area contributed by atoms with E-state index in [2.05, 4.69) is 5.32 Å². The number of phenols is 2. The van der Waals surface area contributed by atoms with E-state index in [4.69, 9.17) is 9.47 Å². The molecule has 0 unspecified atom stereocenters. The summed E-state index contributed by atoms with van der Waals surface area (Å²) in [6.45, 7) is 8.77. The molecule has 2 rings (SSSR count). The summed E-state index contributed by atoms with van der Waals surface area (Å²) in [5.74, 6) is -3.59. The van der Waals surface area contributed by atoms with Gasteiger partial charge < -0.3 is 34.8 Å². The topological polar surface area (TPSA) is 163 Å². The lowest BCUT2D eigenvalue weighted by molar-refractivity contribution is -0.160. The van der Waals surface area contributed by atoms with E-state index < -0.39 is 59.8 Å². The summed E-state index contributed by atoms with van der Waals surface area (Å²) in [5.41, 5.74) is 1.30. The number of phenolic OH excluding ortho intramolecular Hbond substituents is 2. The quantitative estimate of drug-likeness (QED) is 0.231. The van der Waals surface area contributed by atoms with Gasteiger partial charge in [-0.25, -0.2) is 4.79 Å². The van der Waals surface area contributed by atoms with Crippen molar-refractivity contribution in [3.8, 4) is 11.5 Å². The van der Waals surface area contributed by atoms with Crippen LogP contribution in [0.3, 0.4) is 0 Å². The molecular weight excluding hydrogens is 606 g/mol. The fourth-order valence-electron chi connectivity index (χ4n) is 4.99. The van der Waals surface area contributed by atoms with Crippen LogP contribution in [0.4, 0.5) is 0 Å². The number of carbonyl (C=O) groups excluding carboxylic acids is 5. The number of hydrogen-bond donors (Lipinski definition) is 3. The molecule has 0 radical (unpaired) electrons. The number of methoxy groups -OCH3 is 1. The van der Waals surface area contributed by atoms with Crippen LogP contribution in [0, 0.1) is 11.8 Å². The van der Waals surface area contributed by atoms with E-state index in [1.807, 2.05) is 6.92 Å². The van der Waals surface area contributed by atoms with Crippen LogP contribution in [-0.2, 0) is 46.3 Å². The van der Waals surface area contributed by atoms with Crippen LogP contribution < -0.4 is 5.32 Å². The molecule has 5 atom stereocenters. The molecule has 0 aliphatic rings. The van der Waals surface area contributed by atoms with Gasteiger partial charge in [-0.05, 0) is 47.7 Å². The molecular formula is C35H49N3O9. The molecule has 2 aromatic rings. The predicted octanol–water partition coefficient (Wildman–Crippen LogP) is 3.22. The van der Waals surface area contributed by atoms with E-state index >= 15 is 0 Å². The summed E-state index contributed by atoms with van der Waals surface area (Å²) in [6, 6.07) is 9.13. The van der Waals surface area contributed by atoms with Crippen LogP contribution in [0.1, 0.15) is 58.6 Å². The molecule has 0 aliphatic heterocycles. The number of rotatable bonds is 16. The van der Waals surface area contributed by atoms with Gasteiger partial charge in [0.05, 0.1) is 7.11 Å². The molecule has 0 saturated carbocycles. The summed E-state index contributed by atoms with van der Waals surface area (Å²) >= 11 is 0. The number of hydrogen-bond acceptors (Lipinski definition) is 9. The Kier molecular flexibility index (Phi) is 14.7. The van der Waals surface area contributed by atoms with Crippen LogP contribution in [0.2, 0.25) is 0 Å². The fourth-order valence-corrected chi connectivity index (χ4v) is 4.99. The van der Waals surface area contributed by atoms with Gasteiger partial charge in [-0.1, -0.05) is 58.9 Å². The number of likely N-dealkylation sites (N-methyl/N-ethyl adjacent to an activating group) is 2. The molecule has 0 bridgehead atoms. The van der Waals surface area contributed by atoms with E-state index in [-0.39, 0.29) is 36.7 Å². The second-order valence-corrected chi connectivity index (χ2v) is 12.1. The number of nitrogens with zero attached hydrogens (tertiary/aromatic N) is 2. The second-order valence-electron chi connectivity index (χ2n) is 12.1. The number of esters is 2. The van der Waals surface area contributed by atoms with Gasteiger partial charge in [0.2, 0.25) is 11.8 Å². The summed E-state index contributed by atoms with van der Waals surface area (Å²) in [7, 11) is 4.12. The molecule has 0 saturated heterocycles. The molecule has 0 spiro atoms. The van der Waals surface area contributed by atoms with E-state index in [1.165, 1.54) is 55.3 Å². The minimum absolute atomic E-state index is 0.0278. The Labute approximate surface area is 277 Å². The van der Waals surface area contributed by atoms with E-state index in [0.717, 1.165) is 0 Å². The Morgan fingerprint density at radius 1 is 0.766 bits per heavy atom. The maximum atomic E-state index is 14.3. The minimum atomic E-state index is -1.13. The van der Waals surface area contributed by atoms with Crippen molar-refractivity contribution in [3.05, 3.63) is 59.7 Å². The average molecular weight is 656 g/mol. The van der Waals surface area contributed by atoms with Gasteiger partial charge in [-0.3, -0.25) is 19.2 Å². The molecule has 0 aliphatic carbocycles. The highest BCUT2D eigenvalue weighted by atomic mass is 16.5. The number of carbonyl (C=O) groups is 5. The SMILES string of the molecule is CCC(=O)O[C@@H](C(=O)N[C@H](C(=O)N(C)[C@@H](Cc1ccc(O)cc1)C(=O)N(C)[C@H](Cc1ccc(O)cc1)C(=O)OC)C(C)C)[C@@H](C)CC. The normalized spacial score (nSPS) is 14.2. The highest BCUT2D eigenvalue weighted by molar-refractivity contribution is 5.94. The lowest BCUT2D eigenvalue weighted by atomic mass is 9.96. The van der Waals surface area contributed by atoms with Crippen molar-refractivity contribution >= 4 is 29.7 Å². The Morgan fingerprint density at radius 3 is 1.66 bits per heavy atom. The van der Waals surface area contributed by atoms with Gasteiger partial charge in [0.1, 0.15) is 29.6 Å². The fraction of sp³-hybridized carbons (Fsp3) is 0.514. The van der Waals surface area contributed by atoms with Crippen LogP contribution in [-0.4, -0.2) is 95.1 Å². The molecule has 47 heavy (non-hydrogen) atoms. The van der Waals surface area contributed by atoms with Crippen LogP contribution in [0.5, 0.6) is 11.5 Å². The van der Waals surface area contributed by atoms with Gasteiger partial charge in [-0.15, -0.1) is 0 Å². The third-order valence-corrected chi connectivity index (χ3v) is 8.32. The number of aromatic hydroxyl groups is 2. The molecule has 0 heterocycles. The Hall–Kier alpha value is -4.61. The zero-order valence-electron chi connectivity index (χ0n) is 28.6. The first-order valence-electron chi connectivity index (χ1n) is 15.8. The first-order chi connectivity index (χ1) is 22.1. The van der Waals surface area contributed by atoms with Gasteiger partial charge in [0.15, 0.2) is 6.10 Å². The van der Waals surface area contributed by atoms with Crippen molar-refractivity contribution in [3.63, 3.8) is 0 Å². The van der Waals surface area contributed by atoms with Gasteiger partial charge >= 0.3 is 11.9 Å². The van der Waals surface area contributed by atoms with Crippen molar-refractivity contribution in [2.24, 2.45) is 11.8 Å².